The smallest absolute Gasteiger partial charge is 0.337 e. The van der Waals surface area contributed by atoms with E-state index < -0.39 is 5.97 Å². The lowest BCUT2D eigenvalue weighted by Gasteiger charge is -1.99. The molecule has 5 heteroatoms. The van der Waals surface area contributed by atoms with Crippen LogP contribution in [0.4, 0.5) is 0 Å². The highest BCUT2D eigenvalue weighted by molar-refractivity contribution is 9.10. The number of carbonyl (C=O) groups is 1. The van der Waals surface area contributed by atoms with Gasteiger partial charge in [-0.15, -0.1) is 11.3 Å². The van der Waals surface area contributed by atoms with Gasteiger partial charge in [0.25, 0.3) is 0 Å². The SMILES string of the molecule is O=C(O)c1cncc(-c2sccc2Br)c1. The highest BCUT2D eigenvalue weighted by Gasteiger charge is 2.08. The van der Waals surface area contributed by atoms with Gasteiger partial charge < -0.3 is 5.11 Å². The zero-order chi connectivity index (χ0) is 10.8. The first kappa shape index (κ1) is 10.3. The van der Waals surface area contributed by atoms with E-state index in [1.54, 1.807) is 23.6 Å². The number of nitrogens with zero attached hydrogens (tertiary/aromatic N) is 1. The number of aromatic carboxylic acids is 1. The van der Waals surface area contributed by atoms with Crippen LogP contribution in [0.3, 0.4) is 0 Å². The van der Waals surface area contributed by atoms with Gasteiger partial charge in [0.05, 0.1) is 10.4 Å². The van der Waals surface area contributed by atoms with Gasteiger partial charge in [-0.3, -0.25) is 4.98 Å². The molecular weight excluding hydrogens is 278 g/mol. The molecule has 76 valence electrons. The summed E-state index contributed by atoms with van der Waals surface area (Å²) < 4.78 is 0.955. The summed E-state index contributed by atoms with van der Waals surface area (Å²) in [5, 5.41) is 10.8. The zero-order valence-corrected chi connectivity index (χ0v) is 9.88. The average Bonchev–Trinajstić information content (AvgIpc) is 2.64. The van der Waals surface area contributed by atoms with Gasteiger partial charge in [-0.1, -0.05) is 0 Å². The van der Waals surface area contributed by atoms with E-state index in [0.29, 0.717) is 0 Å². The van der Waals surface area contributed by atoms with Crippen LogP contribution in [0.15, 0.2) is 34.4 Å². The largest absolute Gasteiger partial charge is 0.478 e. The molecule has 0 radical (unpaired) electrons. The summed E-state index contributed by atoms with van der Waals surface area (Å²) in [6, 6.07) is 3.54. The molecule has 0 aliphatic carbocycles. The lowest BCUT2D eigenvalue weighted by molar-refractivity contribution is 0.0696. The Balaban J connectivity index is 2.50. The van der Waals surface area contributed by atoms with Crippen LogP contribution in [-0.2, 0) is 0 Å². The van der Waals surface area contributed by atoms with Crippen molar-refractivity contribution < 1.29 is 9.90 Å². The van der Waals surface area contributed by atoms with E-state index in [2.05, 4.69) is 20.9 Å². The van der Waals surface area contributed by atoms with Gasteiger partial charge in [0, 0.05) is 22.4 Å². The lowest BCUT2D eigenvalue weighted by atomic mass is 10.2. The predicted molar refractivity (Wildman–Crippen MR) is 62.2 cm³/mol. The molecule has 3 nitrogen and oxygen atoms in total. The Bertz CT molecular complexity index is 510. The number of aromatic nitrogens is 1. The molecule has 0 aliphatic rings. The molecule has 0 unspecified atom stereocenters. The van der Waals surface area contributed by atoms with Crippen molar-refractivity contribution in [2.75, 3.05) is 0 Å². The van der Waals surface area contributed by atoms with Crippen molar-refractivity contribution in [3.05, 3.63) is 39.9 Å². The molecule has 0 bridgehead atoms. The minimum absolute atomic E-state index is 0.202. The van der Waals surface area contributed by atoms with Gasteiger partial charge in [0.1, 0.15) is 0 Å². The standard InChI is InChI=1S/C10H6BrNO2S/c11-8-1-2-15-9(8)6-3-7(10(13)14)5-12-4-6/h1-5H,(H,13,14). The molecule has 2 aromatic rings. The Morgan fingerprint density at radius 1 is 1.47 bits per heavy atom. The first-order valence-electron chi connectivity index (χ1n) is 4.10. The van der Waals surface area contributed by atoms with Crippen molar-refractivity contribution in [2.24, 2.45) is 0 Å². The number of halogens is 1. The van der Waals surface area contributed by atoms with E-state index in [9.17, 15) is 4.79 Å². The molecule has 1 N–H and O–H groups in total. The van der Waals surface area contributed by atoms with Crippen LogP contribution in [0, 0.1) is 0 Å². The highest BCUT2D eigenvalue weighted by Crippen LogP contribution is 2.33. The maximum atomic E-state index is 10.8. The van der Waals surface area contributed by atoms with Gasteiger partial charge in [-0.05, 0) is 33.4 Å². The van der Waals surface area contributed by atoms with Crippen LogP contribution in [0.25, 0.3) is 10.4 Å². The Morgan fingerprint density at radius 3 is 2.87 bits per heavy atom. The molecule has 2 heterocycles. The Hall–Kier alpha value is -1.20. The second kappa shape index (κ2) is 4.12. The van der Waals surface area contributed by atoms with E-state index in [0.717, 1.165) is 14.9 Å². The van der Waals surface area contributed by atoms with Gasteiger partial charge in [-0.25, -0.2) is 4.79 Å². The number of carboxylic acids is 1. The molecule has 0 aliphatic heterocycles. The number of carboxylic acid groups (broad SMARTS) is 1. The molecule has 0 amide bonds. The average molecular weight is 284 g/mol. The third-order valence-electron chi connectivity index (χ3n) is 1.86. The Labute approximate surface area is 98.5 Å². The zero-order valence-electron chi connectivity index (χ0n) is 7.48. The fourth-order valence-electron chi connectivity index (χ4n) is 1.18. The number of hydrogen-bond acceptors (Lipinski definition) is 3. The Morgan fingerprint density at radius 2 is 2.27 bits per heavy atom. The summed E-state index contributed by atoms with van der Waals surface area (Å²) >= 11 is 4.94. The van der Waals surface area contributed by atoms with Crippen LogP contribution in [-0.4, -0.2) is 16.1 Å². The molecule has 0 saturated carbocycles. The molecule has 0 aromatic carbocycles. The maximum absolute atomic E-state index is 10.8. The van der Waals surface area contributed by atoms with Gasteiger partial charge in [0.15, 0.2) is 0 Å². The van der Waals surface area contributed by atoms with Gasteiger partial charge in [0.2, 0.25) is 0 Å². The first-order chi connectivity index (χ1) is 7.18. The normalized spacial score (nSPS) is 10.2. The van der Waals surface area contributed by atoms with Crippen LogP contribution < -0.4 is 0 Å². The number of hydrogen-bond donors (Lipinski definition) is 1. The van der Waals surface area contributed by atoms with Gasteiger partial charge in [-0.2, -0.15) is 0 Å². The maximum Gasteiger partial charge on any atom is 0.337 e. The summed E-state index contributed by atoms with van der Waals surface area (Å²) in [4.78, 5) is 15.7. The fourth-order valence-corrected chi connectivity index (χ4v) is 2.77. The fraction of sp³-hybridized carbons (Fsp3) is 0. The minimum atomic E-state index is -0.961. The number of rotatable bonds is 2. The molecular formula is C10H6BrNO2S. The van der Waals surface area contributed by atoms with Crippen molar-refractivity contribution in [2.45, 2.75) is 0 Å². The van der Waals surface area contributed by atoms with E-state index in [1.807, 2.05) is 11.4 Å². The molecule has 0 fully saturated rings. The first-order valence-corrected chi connectivity index (χ1v) is 5.77. The predicted octanol–water partition coefficient (Wildman–Crippen LogP) is 3.27. The minimum Gasteiger partial charge on any atom is -0.478 e. The Kier molecular flexibility index (Phi) is 2.83. The summed E-state index contributed by atoms with van der Waals surface area (Å²) in [7, 11) is 0. The summed E-state index contributed by atoms with van der Waals surface area (Å²) in [5.41, 5.74) is 1.02. The van der Waals surface area contributed by atoms with Crippen LogP contribution >= 0.6 is 27.3 Å². The third kappa shape index (κ3) is 2.08. The number of thiophene rings is 1. The van der Waals surface area contributed by atoms with Crippen molar-refractivity contribution in [3.63, 3.8) is 0 Å². The highest BCUT2D eigenvalue weighted by atomic mass is 79.9. The monoisotopic (exact) mass is 283 g/mol. The summed E-state index contributed by atoms with van der Waals surface area (Å²) in [6.07, 6.45) is 3.00. The summed E-state index contributed by atoms with van der Waals surface area (Å²) in [5.74, 6) is -0.961. The third-order valence-corrected chi connectivity index (χ3v) is 3.75. The lowest BCUT2D eigenvalue weighted by Crippen LogP contribution is -1.96. The van der Waals surface area contributed by atoms with Crippen LogP contribution in [0.5, 0.6) is 0 Å². The molecule has 15 heavy (non-hydrogen) atoms. The van der Waals surface area contributed by atoms with Crippen LogP contribution in [0.2, 0.25) is 0 Å². The van der Waals surface area contributed by atoms with Crippen molar-refractivity contribution in [1.82, 2.24) is 4.98 Å². The quantitative estimate of drug-likeness (QED) is 0.920. The van der Waals surface area contributed by atoms with E-state index in [4.69, 9.17) is 5.11 Å². The number of pyridine rings is 1. The second-order valence-corrected chi connectivity index (χ2v) is 4.64. The van der Waals surface area contributed by atoms with Crippen LogP contribution in [0.1, 0.15) is 10.4 Å². The van der Waals surface area contributed by atoms with Gasteiger partial charge >= 0.3 is 5.97 Å². The molecule has 0 saturated heterocycles. The van der Waals surface area contributed by atoms with Crippen molar-refractivity contribution >= 4 is 33.2 Å². The second-order valence-electron chi connectivity index (χ2n) is 2.87. The molecule has 0 spiro atoms. The van der Waals surface area contributed by atoms with Crippen molar-refractivity contribution in [3.8, 4) is 10.4 Å². The van der Waals surface area contributed by atoms with E-state index in [1.165, 1.54) is 6.20 Å². The van der Waals surface area contributed by atoms with Crippen molar-refractivity contribution in [1.29, 1.82) is 0 Å². The molecule has 2 aromatic heterocycles. The van der Waals surface area contributed by atoms with E-state index >= 15 is 0 Å². The topological polar surface area (TPSA) is 50.2 Å². The summed E-state index contributed by atoms with van der Waals surface area (Å²) in [6.45, 7) is 0. The molecule has 0 atom stereocenters. The molecule has 2 rings (SSSR count). The van der Waals surface area contributed by atoms with E-state index in [-0.39, 0.29) is 5.56 Å².